The summed E-state index contributed by atoms with van der Waals surface area (Å²) in [5.41, 5.74) is 0.833. The molecular weight excluding hydrogens is 130 g/mol. The largest absolute Gasteiger partial charge is 0.259 e. The van der Waals surface area contributed by atoms with Gasteiger partial charge < -0.3 is 0 Å². The predicted octanol–water partition coefficient (Wildman–Crippen LogP) is 2.21. The number of hydrogen-bond acceptors (Lipinski definition) is 2. The van der Waals surface area contributed by atoms with Gasteiger partial charge in [-0.15, -0.1) is 0 Å². The van der Waals surface area contributed by atoms with Gasteiger partial charge in [-0.3, -0.25) is 10.1 Å². The summed E-state index contributed by atoms with van der Waals surface area (Å²) in [6, 6.07) is 0. The molecule has 0 saturated heterocycles. The maximum absolute atomic E-state index is 9.92. The minimum atomic E-state index is -0.405. The molecule has 0 aliphatic rings. The number of nitro groups is 1. The minimum absolute atomic E-state index is 0.405. The van der Waals surface area contributed by atoms with E-state index in [1.54, 1.807) is 6.92 Å². The fourth-order valence-electron chi connectivity index (χ4n) is 0.877. The Bertz CT molecular complexity index is 150. The highest BCUT2D eigenvalue weighted by Crippen LogP contribution is 2.08. The van der Waals surface area contributed by atoms with Gasteiger partial charge in [0.1, 0.15) is 0 Å². The van der Waals surface area contributed by atoms with Crippen molar-refractivity contribution in [3.63, 3.8) is 0 Å². The number of nitrogens with zero attached hydrogens (tertiary/aromatic N) is 1. The Morgan fingerprint density at radius 2 is 2.20 bits per heavy atom. The molecule has 0 saturated carbocycles. The first kappa shape index (κ1) is 9.14. The molecule has 0 atom stereocenters. The smallest absolute Gasteiger partial charge is 0.233 e. The zero-order valence-corrected chi connectivity index (χ0v) is 6.63. The molecule has 0 aromatic rings. The lowest BCUT2D eigenvalue weighted by atomic mass is 10.1. The highest BCUT2D eigenvalue weighted by atomic mass is 16.6. The van der Waals surface area contributed by atoms with Crippen molar-refractivity contribution >= 4 is 0 Å². The molecule has 0 aliphatic heterocycles. The van der Waals surface area contributed by atoms with Gasteiger partial charge in [-0.1, -0.05) is 13.8 Å². The second-order valence-corrected chi connectivity index (χ2v) is 2.86. The van der Waals surface area contributed by atoms with Crippen LogP contribution in [0.1, 0.15) is 27.2 Å². The molecule has 3 nitrogen and oxygen atoms in total. The third kappa shape index (κ3) is 5.28. The first-order valence-corrected chi connectivity index (χ1v) is 3.33. The quantitative estimate of drug-likeness (QED) is 0.449. The lowest BCUT2D eigenvalue weighted by molar-refractivity contribution is -0.403. The van der Waals surface area contributed by atoms with Crippen molar-refractivity contribution in [1.82, 2.24) is 0 Å². The monoisotopic (exact) mass is 143 g/mol. The maximum atomic E-state index is 9.92. The van der Waals surface area contributed by atoms with Gasteiger partial charge in [-0.25, -0.2) is 0 Å². The fourth-order valence-corrected chi connectivity index (χ4v) is 0.877. The Kier molecular flexibility index (Phi) is 3.69. The van der Waals surface area contributed by atoms with E-state index in [2.05, 4.69) is 0 Å². The zero-order valence-electron chi connectivity index (χ0n) is 6.63. The van der Waals surface area contributed by atoms with E-state index in [9.17, 15) is 10.1 Å². The van der Waals surface area contributed by atoms with Gasteiger partial charge in [0.25, 0.3) is 0 Å². The molecule has 0 amide bonds. The van der Waals surface area contributed by atoms with Crippen molar-refractivity contribution in [2.75, 3.05) is 0 Å². The van der Waals surface area contributed by atoms with Crippen LogP contribution < -0.4 is 0 Å². The van der Waals surface area contributed by atoms with Gasteiger partial charge >= 0.3 is 0 Å². The van der Waals surface area contributed by atoms with E-state index in [1.807, 2.05) is 13.8 Å². The van der Waals surface area contributed by atoms with Crippen LogP contribution >= 0.6 is 0 Å². The van der Waals surface area contributed by atoms with Crippen LogP contribution in [-0.2, 0) is 0 Å². The Hall–Kier alpha value is -0.860. The van der Waals surface area contributed by atoms with Crippen molar-refractivity contribution in [2.45, 2.75) is 27.2 Å². The van der Waals surface area contributed by atoms with E-state index in [-0.39, 0.29) is 0 Å². The molecule has 10 heavy (non-hydrogen) atoms. The molecule has 3 heteroatoms. The van der Waals surface area contributed by atoms with Crippen LogP contribution in [0.5, 0.6) is 0 Å². The summed E-state index contributed by atoms with van der Waals surface area (Å²) in [7, 11) is 0. The second kappa shape index (κ2) is 4.04. The second-order valence-electron chi connectivity index (χ2n) is 2.86. The summed E-state index contributed by atoms with van der Waals surface area (Å²) in [5, 5.41) is 9.92. The third-order valence-electron chi connectivity index (χ3n) is 1.06. The first-order valence-electron chi connectivity index (χ1n) is 3.33. The summed E-state index contributed by atoms with van der Waals surface area (Å²) in [6.45, 7) is 5.86. The van der Waals surface area contributed by atoms with Crippen LogP contribution in [0.4, 0.5) is 0 Å². The van der Waals surface area contributed by atoms with Crippen LogP contribution in [0, 0.1) is 16.0 Å². The summed E-state index contributed by atoms with van der Waals surface area (Å²) in [4.78, 5) is 9.52. The standard InChI is InChI=1S/C7H13NO2/c1-6(2)4-7(3)5-8(9)10/h5-6H,4H2,1-3H3/b7-5-. The van der Waals surface area contributed by atoms with E-state index in [4.69, 9.17) is 0 Å². The highest BCUT2D eigenvalue weighted by Gasteiger charge is 1.98. The van der Waals surface area contributed by atoms with Crippen LogP contribution in [0.25, 0.3) is 0 Å². The SMILES string of the molecule is C/C(=C/[N+](=O)[O-])CC(C)C. The summed E-state index contributed by atoms with van der Waals surface area (Å²) in [6.07, 6.45) is 1.88. The molecule has 0 spiro atoms. The van der Waals surface area contributed by atoms with Gasteiger partial charge in [-0.2, -0.15) is 0 Å². The number of hydrogen-bond donors (Lipinski definition) is 0. The fraction of sp³-hybridized carbons (Fsp3) is 0.714. The Labute approximate surface area is 60.9 Å². The van der Waals surface area contributed by atoms with Gasteiger partial charge in [0, 0.05) is 0 Å². The Morgan fingerprint density at radius 1 is 1.70 bits per heavy atom. The van der Waals surface area contributed by atoms with E-state index >= 15 is 0 Å². The van der Waals surface area contributed by atoms with E-state index in [0.717, 1.165) is 18.2 Å². The van der Waals surface area contributed by atoms with Crippen LogP contribution in [-0.4, -0.2) is 4.92 Å². The van der Waals surface area contributed by atoms with Crippen LogP contribution in [0.2, 0.25) is 0 Å². The normalized spacial score (nSPS) is 12.2. The first-order chi connectivity index (χ1) is 4.52. The molecule has 0 aromatic heterocycles. The van der Waals surface area contributed by atoms with Gasteiger partial charge in [0.15, 0.2) is 0 Å². The summed E-state index contributed by atoms with van der Waals surface area (Å²) in [5.74, 6) is 0.496. The van der Waals surface area contributed by atoms with Crippen molar-refractivity contribution in [3.05, 3.63) is 21.9 Å². The van der Waals surface area contributed by atoms with Crippen molar-refractivity contribution < 1.29 is 4.92 Å². The lowest BCUT2D eigenvalue weighted by Crippen LogP contribution is -1.92. The molecule has 0 radical (unpaired) electrons. The third-order valence-corrected chi connectivity index (χ3v) is 1.06. The van der Waals surface area contributed by atoms with Gasteiger partial charge in [0.05, 0.1) is 4.92 Å². The van der Waals surface area contributed by atoms with E-state index < -0.39 is 4.92 Å². The molecule has 0 heterocycles. The Balaban J connectivity index is 3.83. The molecule has 0 bridgehead atoms. The maximum Gasteiger partial charge on any atom is 0.233 e. The topological polar surface area (TPSA) is 43.1 Å². The van der Waals surface area contributed by atoms with E-state index in [0.29, 0.717) is 5.92 Å². The molecule has 0 N–H and O–H groups in total. The predicted molar refractivity (Wildman–Crippen MR) is 40.2 cm³/mol. The van der Waals surface area contributed by atoms with Crippen molar-refractivity contribution in [2.24, 2.45) is 5.92 Å². The molecule has 0 aromatic carbocycles. The molecular formula is C7H13NO2. The lowest BCUT2D eigenvalue weighted by Gasteiger charge is -2.00. The van der Waals surface area contributed by atoms with Crippen LogP contribution in [0.3, 0.4) is 0 Å². The van der Waals surface area contributed by atoms with Gasteiger partial charge in [-0.05, 0) is 24.8 Å². The minimum Gasteiger partial charge on any atom is -0.259 e. The average Bonchev–Trinajstić information content (AvgIpc) is 1.58. The summed E-state index contributed by atoms with van der Waals surface area (Å²) >= 11 is 0. The molecule has 58 valence electrons. The number of rotatable bonds is 3. The van der Waals surface area contributed by atoms with Crippen molar-refractivity contribution in [1.29, 1.82) is 0 Å². The highest BCUT2D eigenvalue weighted by molar-refractivity contribution is 4.92. The molecule has 0 fully saturated rings. The van der Waals surface area contributed by atoms with Crippen LogP contribution in [0.15, 0.2) is 11.8 Å². The van der Waals surface area contributed by atoms with E-state index in [1.165, 1.54) is 0 Å². The Morgan fingerprint density at radius 3 is 2.50 bits per heavy atom. The molecule has 0 unspecified atom stereocenters. The molecule has 0 aliphatic carbocycles. The average molecular weight is 143 g/mol. The zero-order chi connectivity index (χ0) is 8.15. The summed E-state index contributed by atoms with van der Waals surface area (Å²) < 4.78 is 0. The number of allylic oxidation sites excluding steroid dienone is 1. The van der Waals surface area contributed by atoms with Gasteiger partial charge in [0.2, 0.25) is 6.20 Å². The van der Waals surface area contributed by atoms with Crippen molar-refractivity contribution in [3.8, 4) is 0 Å². The molecule has 0 rings (SSSR count).